The molecule has 0 amide bonds. The smallest absolute Gasteiger partial charge is 0.123 e. The number of nitrogens with zero attached hydrogens (tertiary/aromatic N) is 1. The van der Waals surface area contributed by atoms with Gasteiger partial charge >= 0.3 is 0 Å². The Bertz CT molecular complexity index is 283. The second-order valence-corrected chi connectivity index (χ2v) is 3.82. The van der Waals surface area contributed by atoms with Crippen LogP contribution in [0.15, 0.2) is 24.3 Å². The van der Waals surface area contributed by atoms with Gasteiger partial charge in [0.2, 0.25) is 0 Å². The zero-order valence-electron chi connectivity index (χ0n) is 9.45. The molecule has 78 valence electrons. The van der Waals surface area contributed by atoms with Crippen LogP contribution in [0.1, 0.15) is 19.4 Å². The molecule has 1 aromatic carbocycles. The zero-order valence-corrected chi connectivity index (χ0v) is 9.45. The van der Waals surface area contributed by atoms with Gasteiger partial charge in [-0.1, -0.05) is 18.2 Å². The number of ether oxygens (including phenoxy) is 1. The Morgan fingerprint density at radius 3 is 2.50 bits per heavy atom. The molecule has 14 heavy (non-hydrogen) atoms. The maximum atomic E-state index is 5.30. The summed E-state index contributed by atoms with van der Waals surface area (Å²) < 4.78 is 5.30. The van der Waals surface area contributed by atoms with Crippen molar-refractivity contribution in [2.45, 2.75) is 26.4 Å². The van der Waals surface area contributed by atoms with Crippen molar-refractivity contribution >= 4 is 0 Å². The predicted molar refractivity (Wildman–Crippen MR) is 59.6 cm³/mol. The van der Waals surface area contributed by atoms with E-state index in [4.69, 9.17) is 4.74 Å². The van der Waals surface area contributed by atoms with Crippen molar-refractivity contribution in [2.24, 2.45) is 0 Å². The first kappa shape index (κ1) is 11.1. The topological polar surface area (TPSA) is 12.5 Å². The van der Waals surface area contributed by atoms with E-state index in [1.165, 1.54) is 5.56 Å². The molecule has 2 nitrogen and oxygen atoms in total. The van der Waals surface area contributed by atoms with Gasteiger partial charge in [0.1, 0.15) is 5.75 Å². The Balaban J connectivity index is 2.75. The van der Waals surface area contributed by atoms with Crippen molar-refractivity contribution in [2.75, 3.05) is 14.2 Å². The van der Waals surface area contributed by atoms with Gasteiger partial charge in [0, 0.05) is 18.2 Å². The molecule has 0 aliphatic heterocycles. The van der Waals surface area contributed by atoms with Gasteiger partial charge in [-0.2, -0.15) is 0 Å². The molecule has 0 spiro atoms. The number of hydrogen-bond donors (Lipinski definition) is 0. The van der Waals surface area contributed by atoms with Crippen LogP contribution in [0.25, 0.3) is 0 Å². The van der Waals surface area contributed by atoms with Crippen LogP contribution in [0, 0.1) is 0 Å². The molecule has 0 heterocycles. The number of benzene rings is 1. The molecule has 0 aliphatic carbocycles. The molecular formula is C12H19NO. The fourth-order valence-electron chi connectivity index (χ4n) is 1.28. The molecule has 0 aromatic heterocycles. The molecule has 0 N–H and O–H groups in total. The standard InChI is InChI=1S/C12H19NO/c1-10(2)13(3)9-11-7-5-6-8-12(11)14-4/h5-8,10H,9H2,1-4H3. The highest BCUT2D eigenvalue weighted by molar-refractivity contribution is 5.33. The summed E-state index contributed by atoms with van der Waals surface area (Å²) in [4.78, 5) is 2.29. The molecule has 0 saturated heterocycles. The maximum absolute atomic E-state index is 5.30. The number of methoxy groups -OCH3 is 1. The van der Waals surface area contributed by atoms with Gasteiger partial charge in [-0.25, -0.2) is 0 Å². The molecule has 0 atom stereocenters. The molecule has 0 fully saturated rings. The van der Waals surface area contributed by atoms with Gasteiger partial charge in [0.25, 0.3) is 0 Å². The van der Waals surface area contributed by atoms with E-state index in [9.17, 15) is 0 Å². The summed E-state index contributed by atoms with van der Waals surface area (Å²) in [6.45, 7) is 5.31. The van der Waals surface area contributed by atoms with Gasteiger partial charge < -0.3 is 4.74 Å². The Hall–Kier alpha value is -1.02. The molecule has 0 bridgehead atoms. The number of rotatable bonds is 4. The third-order valence-electron chi connectivity index (χ3n) is 2.49. The summed E-state index contributed by atoms with van der Waals surface area (Å²) in [6, 6.07) is 8.71. The molecule has 0 saturated carbocycles. The number of hydrogen-bond acceptors (Lipinski definition) is 2. The van der Waals surface area contributed by atoms with E-state index in [1.54, 1.807) is 7.11 Å². The third kappa shape index (κ3) is 2.74. The van der Waals surface area contributed by atoms with Crippen molar-refractivity contribution in [1.82, 2.24) is 4.90 Å². The van der Waals surface area contributed by atoms with E-state index in [2.05, 4.69) is 31.9 Å². The van der Waals surface area contributed by atoms with E-state index < -0.39 is 0 Å². The Kier molecular flexibility index (Phi) is 3.96. The average Bonchev–Trinajstić information content (AvgIpc) is 2.18. The summed E-state index contributed by atoms with van der Waals surface area (Å²) in [7, 11) is 3.84. The van der Waals surface area contributed by atoms with Crippen molar-refractivity contribution in [1.29, 1.82) is 0 Å². The lowest BCUT2D eigenvalue weighted by atomic mass is 10.2. The minimum Gasteiger partial charge on any atom is -0.496 e. The van der Waals surface area contributed by atoms with Crippen LogP contribution in [0.2, 0.25) is 0 Å². The van der Waals surface area contributed by atoms with E-state index in [0.717, 1.165) is 12.3 Å². The Labute approximate surface area is 86.5 Å². The van der Waals surface area contributed by atoms with Crippen LogP contribution in [0.5, 0.6) is 5.75 Å². The molecule has 0 unspecified atom stereocenters. The van der Waals surface area contributed by atoms with Gasteiger partial charge in [-0.15, -0.1) is 0 Å². The van der Waals surface area contributed by atoms with Gasteiger partial charge in [-0.3, -0.25) is 4.90 Å². The van der Waals surface area contributed by atoms with Crippen molar-refractivity contribution in [3.05, 3.63) is 29.8 Å². The summed E-state index contributed by atoms with van der Waals surface area (Å²) in [6.07, 6.45) is 0. The minimum absolute atomic E-state index is 0.555. The molecule has 1 rings (SSSR count). The Morgan fingerprint density at radius 2 is 1.93 bits per heavy atom. The fourth-order valence-corrected chi connectivity index (χ4v) is 1.28. The SMILES string of the molecule is COc1ccccc1CN(C)C(C)C. The predicted octanol–water partition coefficient (Wildman–Crippen LogP) is 2.54. The lowest BCUT2D eigenvalue weighted by Crippen LogP contribution is -2.25. The van der Waals surface area contributed by atoms with Crippen LogP contribution < -0.4 is 4.74 Å². The summed E-state index contributed by atoms with van der Waals surface area (Å²) >= 11 is 0. The lowest BCUT2D eigenvalue weighted by Gasteiger charge is -2.21. The van der Waals surface area contributed by atoms with Crippen LogP contribution in [-0.4, -0.2) is 25.1 Å². The molecule has 2 heteroatoms. The molecular weight excluding hydrogens is 174 g/mol. The van der Waals surface area contributed by atoms with Crippen LogP contribution in [-0.2, 0) is 6.54 Å². The zero-order chi connectivity index (χ0) is 10.6. The van der Waals surface area contributed by atoms with Gasteiger partial charge in [0.15, 0.2) is 0 Å². The largest absolute Gasteiger partial charge is 0.496 e. The highest BCUT2D eigenvalue weighted by Gasteiger charge is 2.07. The van der Waals surface area contributed by atoms with E-state index in [1.807, 2.05) is 18.2 Å². The first-order valence-electron chi connectivity index (χ1n) is 4.97. The van der Waals surface area contributed by atoms with E-state index >= 15 is 0 Å². The normalized spacial score (nSPS) is 11.0. The molecule has 0 radical (unpaired) electrons. The molecule has 1 aromatic rings. The number of para-hydroxylation sites is 1. The van der Waals surface area contributed by atoms with E-state index in [0.29, 0.717) is 6.04 Å². The first-order chi connectivity index (χ1) is 6.65. The van der Waals surface area contributed by atoms with Gasteiger partial charge in [0.05, 0.1) is 7.11 Å². The maximum Gasteiger partial charge on any atom is 0.123 e. The summed E-state index contributed by atoms with van der Waals surface area (Å²) in [5.41, 5.74) is 1.24. The summed E-state index contributed by atoms with van der Waals surface area (Å²) in [5.74, 6) is 0.972. The minimum atomic E-state index is 0.555. The first-order valence-corrected chi connectivity index (χ1v) is 4.97. The fraction of sp³-hybridized carbons (Fsp3) is 0.500. The highest BCUT2D eigenvalue weighted by Crippen LogP contribution is 2.19. The van der Waals surface area contributed by atoms with Crippen LogP contribution >= 0.6 is 0 Å². The van der Waals surface area contributed by atoms with E-state index in [-0.39, 0.29) is 0 Å². The van der Waals surface area contributed by atoms with Crippen LogP contribution in [0.4, 0.5) is 0 Å². The Morgan fingerprint density at radius 1 is 1.29 bits per heavy atom. The van der Waals surface area contributed by atoms with Crippen molar-refractivity contribution in [3.63, 3.8) is 0 Å². The summed E-state index contributed by atoms with van der Waals surface area (Å²) in [5, 5.41) is 0. The molecule has 0 aliphatic rings. The lowest BCUT2D eigenvalue weighted by molar-refractivity contribution is 0.261. The second kappa shape index (κ2) is 5.01. The van der Waals surface area contributed by atoms with Gasteiger partial charge in [-0.05, 0) is 27.0 Å². The van der Waals surface area contributed by atoms with Crippen molar-refractivity contribution in [3.8, 4) is 5.75 Å². The third-order valence-corrected chi connectivity index (χ3v) is 2.49. The van der Waals surface area contributed by atoms with Crippen molar-refractivity contribution < 1.29 is 4.74 Å². The second-order valence-electron chi connectivity index (χ2n) is 3.82. The quantitative estimate of drug-likeness (QED) is 0.728. The highest BCUT2D eigenvalue weighted by atomic mass is 16.5. The average molecular weight is 193 g/mol. The van der Waals surface area contributed by atoms with Crippen LogP contribution in [0.3, 0.4) is 0 Å². The monoisotopic (exact) mass is 193 g/mol.